The number of oxazole rings is 1. The summed E-state index contributed by atoms with van der Waals surface area (Å²) in [6.45, 7) is 0.626. The van der Waals surface area contributed by atoms with Crippen LogP contribution in [0.5, 0.6) is 11.8 Å². The van der Waals surface area contributed by atoms with E-state index in [1.165, 1.54) is 0 Å². The van der Waals surface area contributed by atoms with Gasteiger partial charge < -0.3 is 14.5 Å². The van der Waals surface area contributed by atoms with Crippen molar-refractivity contribution in [1.29, 1.82) is 0 Å². The lowest BCUT2D eigenvalue weighted by Gasteiger charge is -2.03. The van der Waals surface area contributed by atoms with Gasteiger partial charge in [-0.15, -0.1) is 0 Å². The molecule has 1 aromatic heterocycles. The Morgan fingerprint density at radius 3 is 3.06 bits per heavy atom. The van der Waals surface area contributed by atoms with Crippen LogP contribution in [0.1, 0.15) is 5.69 Å². The van der Waals surface area contributed by atoms with Gasteiger partial charge in [0, 0.05) is 11.0 Å². The number of ether oxygens (including phenoxy) is 1. The summed E-state index contributed by atoms with van der Waals surface area (Å²) >= 11 is 9.33. The Morgan fingerprint density at radius 2 is 2.35 bits per heavy atom. The number of hydrogen-bond acceptors (Lipinski definition) is 4. The molecule has 6 heteroatoms. The smallest absolute Gasteiger partial charge is 0.399 e. The molecule has 0 atom stereocenters. The minimum atomic E-state index is 0.180. The third-order valence-electron chi connectivity index (χ3n) is 1.98. The first-order valence-electron chi connectivity index (χ1n) is 4.91. The zero-order valence-corrected chi connectivity index (χ0v) is 11.4. The maximum Gasteiger partial charge on any atom is 0.399 e. The van der Waals surface area contributed by atoms with Crippen LogP contribution in [0.25, 0.3) is 0 Å². The highest BCUT2D eigenvalue weighted by Crippen LogP contribution is 2.31. The number of rotatable bonds is 4. The number of halogens is 2. The van der Waals surface area contributed by atoms with E-state index in [4.69, 9.17) is 20.8 Å². The molecule has 1 aromatic carbocycles. The first-order chi connectivity index (χ1) is 8.19. The van der Waals surface area contributed by atoms with Crippen LogP contribution < -0.4 is 10.1 Å². The van der Waals surface area contributed by atoms with Gasteiger partial charge in [-0.05, 0) is 25.2 Å². The summed E-state index contributed by atoms with van der Waals surface area (Å²) in [6, 6.07) is 5.32. The highest BCUT2D eigenvalue weighted by Gasteiger charge is 2.08. The lowest BCUT2D eigenvalue weighted by atomic mass is 10.3. The number of nitrogens with one attached hydrogen (secondary N) is 1. The van der Waals surface area contributed by atoms with Crippen molar-refractivity contribution < 1.29 is 9.15 Å². The van der Waals surface area contributed by atoms with Gasteiger partial charge in [-0.2, -0.15) is 4.98 Å². The molecule has 0 aliphatic rings. The SMILES string of the molecule is CNCc1coc(Oc2ccc(Br)cc2Cl)n1. The fourth-order valence-corrected chi connectivity index (χ4v) is 1.96. The molecule has 2 rings (SSSR count). The van der Waals surface area contributed by atoms with E-state index < -0.39 is 0 Å². The molecular weight excluding hydrogens is 307 g/mol. The second-order valence-electron chi connectivity index (χ2n) is 3.31. The van der Waals surface area contributed by atoms with Gasteiger partial charge in [0.15, 0.2) is 5.75 Å². The topological polar surface area (TPSA) is 47.3 Å². The van der Waals surface area contributed by atoms with Crippen molar-refractivity contribution in [3.8, 4) is 11.8 Å². The van der Waals surface area contributed by atoms with Gasteiger partial charge in [0.05, 0.1) is 10.7 Å². The van der Waals surface area contributed by atoms with Crippen molar-refractivity contribution >= 4 is 27.5 Å². The molecule has 2 aromatic rings. The normalized spacial score (nSPS) is 10.5. The van der Waals surface area contributed by atoms with Crippen LogP contribution in [0.3, 0.4) is 0 Å². The number of aromatic nitrogens is 1. The zero-order chi connectivity index (χ0) is 12.3. The van der Waals surface area contributed by atoms with Gasteiger partial charge in [0.2, 0.25) is 0 Å². The van der Waals surface area contributed by atoms with E-state index in [1.54, 1.807) is 18.4 Å². The van der Waals surface area contributed by atoms with E-state index >= 15 is 0 Å². The number of nitrogens with zero attached hydrogens (tertiary/aromatic N) is 1. The maximum absolute atomic E-state index is 6.01. The molecule has 0 amide bonds. The maximum atomic E-state index is 6.01. The number of hydrogen-bond donors (Lipinski definition) is 1. The fourth-order valence-electron chi connectivity index (χ4n) is 1.25. The van der Waals surface area contributed by atoms with E-state index in [0.29, 0.717) is 17.3 Å². The van der Waals surface area contributed by atoms with Gasteiger partial charge in [-0.1, -0.05) is 27.5 Å². The third-order valence-corrected chi connectivity index (χ3v) is 2.77. The molecule has 0 spiro atoms. The predicted molar refractivity (Wildman–Crippen MR) is 68.5 cm³/mol. The summed E-state index contributed by atoms with van der Waals surface area (Å²) in [7, 11) is 1.83. The van der Waals surface area contributed by atoms with Gasteiger partial charge in [-0.3, -0.25) is 0 Å². The van der Waals surface area contributed by atoms with Gasteiger partial charge >= 0.3 is 6.08 Å². The van der Waals surface area contributed by atoms with Crippen LogP contribution in [-0.2, 0) is 6.54 Å². The van der Waals surface area contributed by atoms with Gasteiger partial charge in [-0.25, -0.2) is 0 Å². The Bertz CT molecular complexity index is 516. The summed E-state index contributed by atoms with van der Waals surface area (Å²) in [5.41, 5.74) is 0.774. The second kappa shape index (κ2) is 5.53. The minimum Gasteiger partial charge on any atom is -0.417 e. The van der Waals surface area contributed by atoms with Gasteiger partial charge in [0.25, 0.3) is 0 Å². The molecule has 0 aliphatic carbocycles. The molecule has 0 saturated carbocycles. The molecule has 1 N–H and O–H groups in total. The van der Waals surface area contributed by atoms with E-state index in [-0.39, 0.29) is 6.08 Å². The summed E-state index contributed by atoms with van der Waals surface area (Å²) in [5.74, 6) is 0.507. The molecule has 0 saturated heterocycles. The van der Waals surface area contributed by atoms with E-state index in [2.05, 4.69) is 26.2 Å². The molecule has 0 bridgehead atoms. The van der Waals surface area contributed by atoms with Crippen LogP contribution in [0.15, 0.2) is 33.4 Å². The molecule has 0 fully saturated rings. The molecule has 90 valence electrons. The van der Waals surface area contributed by atoms with E-state index in [0.717, 1.165) is 10.2 Å². The van der Waals surface area contributed by atoms with Crippen molar-refractivity contribution in [2.24, 2.45) is 0 Å². The van der Waals surface area contributed by atoms with Crippen molar-refractivity contribution in [3.05, 3.63) is 39.7 Å². The fraction of sp³-hybridized carbons (Fsp3) is 0.182. The van der Waals surface area contributed by atoms with Crippen molar-refractivity contribution in [2.45, 2.75) is 6.54 Å². The monoisotopic (exact) mass is 316 g/mol. The molecule has 4 nitrogen and oxygen atoms in total. The second-order valence-corrected chi connectivity index (χ2v) is 4.63. The Labute approximate surface area is 112 Å². The van der Waals surface area contributed by atoms with Crippen molar-refractivity contribution in [1.82, 2.24) is 10.3 Å². The summed E-state index contributed by atoms with van der Waals surface area (Å²) in [6.07, 6.45) is 1.72. The first-order valence-corrected chi connectivity index (χ1v) is 6.08. The quantitative estimate of drug-likeness (QED) is 0.936. The Hall–Kier alpha value is -1.04. The molecule has 0 aliphatic heterocycles. The van der Waals surface area contributed by atoms with Gasteiger partial charge in [0.1, 0.15) is 6.26 Å². The predicted octanol–water partition coefficient (Wildman–Crippen LogP) is 3.60. The van der Waals surface area contributed by atoms with Crippen LogP contribution in [0.4, 0.5) is 0 Å². The van der Waals surface area contributed by atoms with Crippen LogP contribution >= 0.6 is 27.5 Å². The van der Waals surface area contributed by atoms with Crippen LogP contribution in [0, 0.1) is 0 Å². The lowest BCUT2D eigenvalue weighted by Crippen LogP contribution is -2.04. The molecule has 1 heterocycles. The standard InChI is InChI=1S/C11H10BrClN2O2/c1-14-5-8-6-16-11(15-8)17-10-3-2-7(12)4-9(10)13/h2-4,6,14H,5H2,1H3. The Kier molecular flexibility index (Phi) is 4.04. The van der Waals surface area contributed by atoms with E-state index in [9.17, 15) is 0 Å². The Morgan fingerprint density at radius 1 is 1.53 bits per heavy atom. The van der Waals surface area contributed by atoms with Crippen molar-refractivity contribution in [3.63, 3.8) is 0 Å². The summed E-state index contributed by atoms with van der Waals surface area (Å²) in [5, 5.41) is 3.46. The zero-order valence-electron chi connectivity index (χ0n) is 9.04. The summed E-state index contributed by atoms with van der Waals surface area (Å²) in [4.78, 5) is 4.14. The largest absolute Gasteiger partial charge is 0.417 e. The molecule has 0 unspecified atom stereocenters. The molecule has 0 radical (unpaired) electrons. The lowest BCUT2D eigenvalue weighted by molar-refractivity contribution is 0.331. The third kappa shape index (κ3) is 3.21. The highest BCUT2D eigenvalue weighted by molar-refractivity contribution is 9.10. The van der Waals surface area contributed by atoms with Crippen LogP contribution in [0.2, 0.25) is 5.02 Å². The minimum absolute atomic E-state index is 0.180. The van der Waals surface area contributed by atoms with Crippen molar-refractivity contribution in [2.75, 3.05) is 7.05 Å². The average molecular weight is 318 g/mol. The first kappa shape index (κ1) is 12.4. The molecule has 17 heavy (non-hydrogen) atoms. The summed E-state index contributed by atoms with van der Waals surface area (Å²) < 4.78 is 11.5. The average Bonchev–Trinajstić information content (AvgIpc) is 2.71. The Balaban J connectivity index is 2.13. The van der Waals surface area contributed by atoms with Crippen LogP contribution in [-0.4, -0.2) is 12.0 Å². The number of benzene rings is 1. The highest BCUT2D eigenvalue weighted by atomic mass is 79.9. The van der Waals surface area contributed by atoms with E-state index in [1.807, 2.05) is 13.1 Å². The molecular formula is C11H10BrClN2O2.